The van der Waals surface area contributed by atoms with E-state index in [1.54, 1.807) is 23.1 Å². The Bertz CT molecular complexity index is 880. The SMILES string of the molecule is CC1Cc2cc(Oc3ccc(Cl)cc3)ccc2C1(O)Cn1cncn1. The van der Waals surface area contributed by atoms with Crippen LogP contribution in [-0.2, 0) is 18.6 Å². The molecule has 2 atom stereocenters. The van der Waals surface area contributed by atoms with Crippen LogP contribution in [0.3, 0.4) is 0 Å². The van der Waals surface area contributed by atoms with Crippen molar-refractivity contribution in [3.8, 4) is 11.5 Å². The molecule has 0 aliphatic heterocycles. The van der Waals surface area contributed by atoms with E-state index < -0.39 is 5.60 Å². The number of rotatable bonds is 4. The van der Waals surface area contributed by atoms with Crippen LogP contribution in [-0.4, -0.2) is 19.9 Å². The lowest BCUT2D eigenvalue weighted by molar-refractivity contribution is -0.0236. The minimum absolute atomic E-state index is 0.0810. The molecule has 0 fully saturated rings. The zero-order valence-corrected chi connectivity index (χ0v) is 14.5. The summed E-state index contributed by atoms with van der Waals surface area (Å²) < 4.78 is 7.57. The van der Waals surface area contributed by atoms with E-state index in [0.717, 1.165) is 29.0 Å². The van der Waals surface area contributed by atoms with Crippen molar-refractivity contribution in [2.75, 3.05) is 0 Å². The third kappa shape index (κ3) is 3.01. The molecule has 2 unspecified atom stereocenters. The summed E-state index contributed by atoms with van der Waals surface area (Å²) in [5, 5.41) is 16.0. The third-order valence-corrected chi connectivity index (χ3v) is 5.06. The summed E-state index contributed by atoms with van der Waals surface area (Å²) in [6, 6.07) is 13.1. The highest BCUT2D eigenvalue weighted by Crippen LogP contribution is 2.44. The summed E-state index contributed by atoms with van der Waals surface area (Å²) in [4.78, 5) is 3.95. The summed E-state index contributed by atoms with van der Waals surface area (Å²) >= 11 is 5.90. The fraction of sp³-hybridized carbons (Fsp3) is 0.263. The van der Waals surface area contributed by atoms with Gasteiger partial charge in [-0.25, -0.2) is 9.67 Å². The van der Waals surface area contributed by atoms with Gasteiger partial charge in [0.1, 0.15) is 29.8 Å². The lowest BCUT2D eigenvalue weighted by Crippen LogP contribution is -2.35. The van der Waals surface area contributed by atoms with Crippen molar-refractivity contribution in [3.05, 3.63) is 71.3 Å². The standard InChI is InChI=1S/C19H18ClN3O2/c1-13-8-14-9-17(25-16-4-2-15(20)3-5-16)6-7-18(14)19(13,24)10-23-12-21-11-22-23/h2-7,9,11-13,24H,8,10H2,1H3. The predicted octanol–water partition coefficient (Wildman–Crippen LogP) is 3.80. The van der Waals surface area contributed by atoms with E-state index in [1.165, 1.54) is 6.33 Å². The molecule has 0 bridgehead atoms. The van der Waals surface area contributed by atoms with Gasteiger partial charge < -0.3 is 9.84 Å². The monoisotopic (exact) mass is 355 g/mol. The molecule has 4 rings (SSSR count). The molecule has 0 radical (unpaired) electrons. The highest BCUT2D eigenvalue weighted by Gasteiger charge is 2.43. The van der Waals surface area contributed by atoms with E-state index in [1.807, 2.05) is 30.3 Å². The van der Waals surface area contributed by atoms with Gasteiger partial charge in [0.05, 0.1) is 6.54 Å². The highest BCUT2D eigenvalue weighted by atomic mass is 35.5. The number of halogens is 1. The van der Waals surface area contributed by atoms with Gasteiger partial charge in [-0.2, -0.15) is 5.10 Å². The van der Waals surface area contributed by atoms with Crippen molar-refractivity contribution in [1.29, 1.82) is 0 Å². The Labute approximate surface area is 150 Å². The van der Waals surface area contributed by atoms with Crippen LogP contribution in [0.5, 0.6) is 11.5 Å². The second-order valence-electron chi connectivity index (χ2n) is 6.50. The summed E-state index contributed by atoms with van der Waals surface area (Å²) in [5.41, 5.74) is 1.07. The van der Waals surface area contributed by atoms with Crippen LogP contribution in [0.4, 0.5) is 0 Å². The molecule has 1 aromatic heterocycles. The molecule has 0 spiro atoms. The number of aromatic nitrogens is 3. The van der Waals surface area contributed by atoms with E-state index >= 15 is 0 Å². The molecule has 1 aliphatic carbocycles. The molecule has 0 saturated heterocycles. The molecule has 1 heterocycles. The van der Waals surface area contributed by atoms with Crippen LogP contribution in [0.2, 0.25) is 5.02 Å². The number of benzene rings is 2. The van der Waals surface area contributed by atoms with Crippen LogP contribution >= 0.6 is 11.6 Å². The maximum absolute atomic E-state index is 11.3. The quantitative estimate of drug-likeness (QED) is 0.773. The molecule has 6 heteroatoms. The van der Waals surface area contributed by atoms with Crippen molar-refractivity contribution in [2.24, 2.45) is 5.92 Å². The molecule has 25 heavy (non-hydrogen) atoms. The van der Waals surface area contributed by atoms with Gasteiger partial charge in [-0.05, 0) is 59.9 Å². The Kier molecular flexibility index (Phi) is 3.98. The first-order valence-corrected chi connectivity index (χ1v) is 8.54. The van der Waals surface area contributed by atoms with Crippen LogP contribution in [0, 0.1) is 5.92 Å². The Hall–Kier alpha value is -2.37. The Balaban J connectivity index is 1.61. The average molecular weight is 356 g/mol. The number of aliphatic hydroxyl groups is 1. The van der Waals surface area contributed by atoms with Gasteiger partial charge in [-0.3, -0.25) is 0 Å². The molecule has 5 nitrogen and oxygen atoms in total. The number of hydrogen-bond acceptors (Lipinski definition) is 4. The van der Waals surface area contributed by atoms with Crippen molar-refractivity contribution >= 4 is 11.6 Å². The summed E-state index contributed by atoms with van der Waals surface area (Å²) in [5.74, 6) is 1.56. The lowest BCUT2D eigenvalue weighted by Gasteiger charge is -2.28. The molecule has 3 aromatic rings. The molecule has 2 aromatic carbocycles. The maximum Gasteiger partial charge on any atom is 0.137 e. The van der Waals surface area contributed by atoms with Crippen molar-refractivity contribution in [3.63, 3.8) is 0 Å². The molecular weight excluding hydrogens is 338 g/mol. The fourth-order valence-electron chi connectivity index (χ4n) is 3.43. The van der Waals surface area contributed by atoms with Gasteiger partial charge in [-0.1, -0.05) is 24.6 Å². The fourth-order valence-corrected chi connectivity index (χ4v) is 3.56. The first-order chi connectivity index (χ1) is 12.0. The number of fused-ring (bicyclic) bond motifs is 1. The van der Waals surface area contributed by atoms with Gasteiger partial charge in [0, 0.05) is 5.02 Å². The Morgan fingerprint density at radius 2 is 2.00 bits per heavy atom. The first-order valence-electron chi connectivity index (χ1n) is 8.16. The van der Waals surface area contributed by atoms with Crippen LogP contribution in [0.1, 0.15) is 18.1 Å². The van der Waals surface area contributed by atoms with Crippen LogP contribution in [0.15, 0.2) is 55.1 Å². The second-order valence-corrected chi connectivity index (χ2v) is 6.93. The van der Waals surface area contributed by atoms with Gasteiger partial charge in [0.25, 0.3) is 0 Å². The zero-order valence-electron chi connectivity index (χ0n) is 13.8. The largest absolute Gasteiger partial charge is 0.457 e. The maximum atomic E-state index is 11.3. The third-order valence-electron chi connectivity index (χ3n) is 4.80. The normalized spacial score (nSPS) is 22.0. The molecule has 128 valence electrons. The summed E-state index contributed by atoms with van der Waals surface area (Å²) in [6.07, 6.45) is 3.89. The van der Waals surface area contributed by atoms with Gasteiger partial charge >= 0.3 is 0 Å². The minimum atomic E-state index is -0.957. The molecule has 1 N–H and O–H groups in total. The Morgan fingerprint density at radius 1 is 1.24 bits per heavy atom. The topological polar surface area (TPSA) is 60.2 Å². The van der Waals surface area contributed by atoms with Crippen molar-refractivity contribution in [2.45, 2.75) is 25.5 Å². The molecule has 0 amide bonds. The number of ether oxygens (including phenoxy) is 1. The van der Waals surface area contributed by atoms with Gasteiger partial charge in [0.2, 0.25) is 0 Å². The second kappa shape index (κ2) is 6.17. The summed E-state index contributed by atoms with van der Waals surface area (Å²) in [6.45, 7) is 2.44. The first kappa shape index (κ1) is 16.1. The van der Waals surface area contributed by atoms with Crippen LogP contribution < -0.4 is 4.74 Å². The van der Waals surface area contributed by atoms with E-state index in [4.69, 9.17) is 16.3 Å². The summed E-state index contributed by atoms with van der Waals surface area (Å²) in [7, 11) is 0. The van der Waals surface area contributed by atoms with E-state index in [9.17, 15) is 5.11 Å². The van der Waals surface area contributed by atoms with Crippen LogP contribution in [0.25, 0.3) is 0 Å². The van der Waals surface area contributed by atoms with E-state index in [2.05, 4.69) is 17.0 Å². The smallest absolute Gasteiger partial charge is 0.137 e. The van der Waals surface area contributed by atoms with E-state index in [0.29, 0.717) is 11.6 Å². The average Bonchev–Trinajstić information content (AvgIpc) is 3.17. The van der Waals surface area contributed by atoms with E-state index in [-0.39, 0.29) is 5.92 Å². The lowest BCUT2D eigenvalue weighted by atomic mass is 9.88. The minimum Gasteiger partial charge on any atom is -0.457 e. The van der Waals surface area contributed by atoms with Gasteiger partial charge in [-0.15, -0.1) is 0 Å². The number of hydrogen-bond donors (Lipinski definition) is 1. The van der Waals surface area contributed by atoms with Gasteiger partial charge in [0.15, 0.2) is 0 Å². The predicted molar refractivity (Wildman–Crippen MR) is 94.8 cm³/mol. The molecule has 0 saturated carbocycles. The number of nitrogens with zero attached hydrogens (tertiary/aromatic N) is 3. The Morgan fingerprint density at radius 3 is 2.72 bits per heavy atom. The van der Waals surface area contributed by atoms with Crippen molar-refractivity contribution < 1.29 is 9.84 Å². The van der Waals surface area contributed by atoms with Crippen molar-refractivity contribution in [1.82, 2.24) is 14.8 Å². The zero-order chi connectivity index (χ0) is 17.4. The highest BCUT2D eigenvalue weighted by molar-refractivity contribution is 6.30. The molecular formula is C19H18ClN3O2. The molecule has 1 aliphatic rings.